The summed E-state index contributed by atoms with van der Waals surface area (Å²) in [5.74, 6) is -1.04. The minimum absolute atomic E-state index is 0.00878. The number of hydrogen-bond acceptors (Lipinski definition) is 3. The van der Waals surface area contributed by atoms with Gasteiger partial charge in [-0.15, -0.1) is 0 Å². The molecule has 6 heteroatoms. The van der Waals surface area contributed by atoms with Gasteiger partial charge >= 0.3 is 0 Å². The predicted molar refractivity (Wildman–Crippen MR) is 85.2 cm³/mol. The highest BCUT2D eigenvalue weighted by Gasteiger charge is 2.24. The van der Waals surface area contributed by atoms with E-state index >= 15 is 0 Å². The van der Waals surface area contributed by atoms with E-state index in [2.05, 4.69) is 26.1 Å². The van der Waals surface area contributed by atoms with Crippen molar-refractivity contribution < 1.29 is 9.59 Å². The number of benzene rings is 1. The van der Waals surface area contributed by atoms with Gasteiger partial charge in [-0.3, -0.25) is 9.59 Å². The molecule has 0 radical (unpaired) electrons. The Morgan fingerprint density at radius 1 is 1.33 bits per heavy atom. The summed E-state index contributed by atoms with van der Waals surface area (Å²) in [5, 5.41) is 2.98. The summed E-state index contributed by atoms with van der Waals surface area (Å²) >= 11 is 5.95. The van der Waals surface area contributed by atoms with Crippen molar-refractivity contribution in [1.82, 2.24) is 0 Å². The SMILES string of the molecule is CC(C)(C)CC(CN)C(=O)Nc1ccc(C(N)=O)c(Cl)c1. The maximum Gasteiger partial charge on any atom is 0.250 e. The number of carbonyl (C=O) groups excluding carboxylic acids is 2. The first-order valence-electron chi connectivity index (χ1n) is 6.74. The number of halogens is 1. The number of amides is 2. The van der Waals surface area contributed by atoms with E-state index in [0.29, 0.717) is 12.1 Å². The van der Waals surface area contributed by atoms with Crippen molar-refractivity contribution in [3.8, 4) is 0 Å². The van der Waals surface area contributed by atoms with Gasteiger partial charge in [0.2, 0.25) is 11.8 Å². The zero-order valence-electron chi connectivity index (χ0n) is 12.6. The van der Waals surface area contributed by atoms with Crippen molar-refractivity contribution in [1.29, 1.82) is 0 Å². The van der Waals surface area contributed by atoms with Gasteiger partial charge in [0.25, 0.3) is 0 Å². The van der Waals surface area contributed by atoms with Crippen LogP contribution in [0.3, 0.4) is 0 Å². The summed E-state index contributed by atoms with van der Waals surface area (Å²) < 4.78 is 0. The van der Waals surface area contributed by atoms with Gasteiger partial charge in [0.1, 0.15) is 0 Å². The number of anilines is 1. The molecule has 0 bridgehead atoms. The van der Waals surface area contributed by atoms with Gasteiger partial charge in [-0.1, -0.05) is 32.4 Å². The fourth-order valence-corrected chi connectivity index (χ4v) is 2.33. The summed E-state index contributed by atoms with van der Waals surface area (Å²) in [4.78, 5) is 23.3. The summed E-state index contributed by atoms with van der Waals surface area (Å²) in [6.07, 6.45) is 0.683. The maximum absolute atomic E-state index is 12.2. The van der Waals surface area contributed by atoms with Gasteiger partial charge in [0, 0.05) is 12.2 Å². The van der Waals surface area contributed by atoms with Crippen LogP contribution < -0.4 is 16.8 Å². The molecule has 1 aromatic rings. The molecule has 0 spiro atoms. The van der Waals surface area contributed by atoms with Crippen LogP contribution in [-0.2, 0) is 4.79 Å². The molecule has 0 heterocycles. The monoisotopic (exact) mass is 311 g/mol. The van der Waals surface area contributed by atoms with E-state index in [0.717, 1.165) is 0 Å². The Bertz CT molecular complexity index is 538. The van der Waals surface area contributed by atoms with Crippen LogP contribution in [0.1, 0.15) is 37.6 Å². The molecule has 1 rings (SSSR count). The second kappa shape index (κ2) is 6.91. The van der Waals surface area contributed by atoms with Crippen molar-refractivity contribution in [2.24, 2.45) is 22.8 Å². The van der Waals surface area contributed by atoms with Gasteiger partial charge in [0.15, 0.2) is 0 Å². The average molecular weight is 312 g/mol. The highest BCUT2D eigenvalue weighted by atomic mass is 35.5. The standard InChI is InChI=1S/C15H22ClN3O2/c1-15(2,3)7-9(8-17)14(21)19-10-4-5-11(13(18)20)12(16)6-10/h4-6,9H,7-8,17H2,1-3H3,(H2,18,20)(H,19,21). The first kappa shape index (κ1) is 17.5. The molecule has 0 aliphatic carbocycles. The van der Waals surface area contributed by atoms with Crippen molar-refractivity contribution in [3.05, 3.63) is 28.8 Å². The summed E-state index contributed by atoms with van der Waals surface area (Å²) in [6.45, 7) is 6.45. The Morgan fingerprint density at radius 3 is 2.38 bits per heavy atom. The molecule has 0 saturated carbocycles. The third kappa shape index (κ3) is 5.36. The molecule has 0 aromatic heterocycles. The van der Waals surface area contributed by atoms with E-state index in [4.69, 9.17) is 23.1 Å². The van der Waals surface area contributed by atoms with Crippen LogP contribution in [0.15, 0.2) is 18.2 Å². The minimum Gasteiger partial charge on any atom is -0.366 e. The number of nitrogens with one attached hydrogen (secondary N) is 1. The molecular formula is C15H22ClN3O2. The quantitative estimate of drug-likeness (QED) is 0.778. The lowest BCUT2D eigenvalue weighted by Crippen LogP contribution is -2.32. The van der Waals surface area contributed by atoms with E-state index in [1.54, 1.807) is 6.07 Å². The highest BCUT2D eigenvalue weighted by molar-refractivity contribution is 6.34. The minimum atomic E-state index is -0.606. The number of nitrogens with two attached hydrogens (primary N) is 2. The normalized spacial score (nSPS) is 12.8. The van der Waals surface area contributed by atoms with Gasteiger partial charge in [-0.2, -0.15) is 0 Å². The van der Waals surface area contributed by atoms with Crippen molar-refractivity contribution in [3.63, 3.8) is 0 Å². The molecule has 5 N–H and O–H groups in total. The van der Waals surface area contributed by atoms with Gasteiger partial charge in [0.05, 0.1) is 16.5 Å². The second-order valence-electron chi connectivity index (χ2n) is 6.25. The van der Waals surface area contributed by atoms with Crippen molar-refractivity contribution in [2.45, 2.75) is 27.2 Å². The number of hydrogen-bond donors (Lipinski definition) is 3. The first-order valence-corrected chi connectivity index (χ1v) is 7.12. The first-order chi connectivity index (χ1) is 9.64. The average Bonchev–Trinajstić information content (AvgIpc) is 2.34. The number of carbonyl (C=O) groups is 2. The third-order valence-electron chi connectivity index (χ3n) is 3.02. The lowest BCUT2D eigenvalue weighted by atomic mass is 9.84. The van der Waals surface area contributed by atoms with E-state index in [-0.39, 0.29) is 34.4 Å². The largest absolute Gasteiger partial charge is 0.366 e. The smallest absolute Gasteiger partial charge is 0.250 e. The molecule has 21 heavy (non-hydrogen) atoms. The zero-order valence-corrected chi connectivity index (χ0v) is 13.3. The van der Waals surface area contributed by atoms with Gasteiger partial charge < -0.3 is 16.8 Å². The van der Waals surface area contributed by atoms with Crippen molar-refractivity contribution >= 4 is 29.1 Å². The van der Waals surface area contributed by atoms with Crippen molar-refractivity contribution in [2.75, 3.05) is 11.9 Å². The molecular weight excluding hydrogens is 290 g/mol. The van der Waals surface area contributed by atoms with E-state index in [9.17, 15) is 9.59 Å². The lowest BCUT2D eigenvalue weighted by molar-refractivity contribution is -0.120. The highest BCUT2D eigenvalue weighted by Crippen LogP contribution is 2.26. The Hall–Kier alpha value is -1.59. The second-order valence-corrected chi connectivity index (χ2v) is 6.65. The van der Waals surface area contributed by atoms with Crippen LogP contribution in [0.2, 0.25) is 5.02 Å². The zero-order chi connectivity index (χ0) is 16.2. The molecule has 2 amide bonds. The van der Waals surface area contributed by atoms with E-state index in [1.807, 2.05) is 0 Å². The van der Waals surface area contributed by atoms with Crippen LogP contribution >= 0.6 is 11.6 Å². The molecule has 5 nitrogen and oxygen atoms in total. The maximum atomic E-state index is 12.2. The van der Waals surface area contributed by atoms with E-state index in [1.165, 1.54) is 12.1 Å². The Labute approximate surface area is 130 Å². The molecule has 0 aliphatic rings. The Balaban J connectivity index is 2.82. The molecule has 0 saturated heterocycles. The lowest BCUT2D eigenvalue weighted by Gasteiger charge is -2.24. The van der Waals surface area contributed by atoms with Gasteiger partial charge in [-0.25, -0.2) is 0 Å². The summed E-state index contributed by atoms with van der Waals surface area (Å²) in [6, 6.07) is 4.58. The Morgan fingerprint density at radius 2 is 1.95 bits per heavy atom. The molecule has 1 aromatic carbocycles. The van der Waals surface area contributed by atoms with Crippen LogP contribution in [-0.4, -0.2) is 18.4 Å². The number of rotatable bonds is 5. The molecule has 116 valence electrons. The van der Waals surface area contributed by atoms with Crippen LogP contribution in [0.5, 0.6) is 0 Å². The fraction of sp³-hybridized carbons (Fsp3) is 0.467. The molecule has 0 fully saturated rings. The summed E-state index contributed by atoms with van der Waals surface area (Å²) in [7, 11) is 0. The predicted octanol–water partition coefficient (Wildman–Crippen LogP) is 2.39. The fourth-order valence-electron chi connectivity index (χ4n) is 2.06. The topological polar surface area (TPSA) is 98.2 Å². The van der Waals surface area contributed by atoms with Crippen LogP contribution in [0, 0.1) is 11.3 Å². The molecule has 1 atom stereocenters. The van der Waals surface area contributed by atoms with Crippen LogP contribution in [0.4, 0.5) is 5.69 Å². The third-order valence-corrected chi connectivity index (χ3v) is 3.33. The van der Waals surface area contributed by atoms with E-state index < -0.39 is 5.91 Å². The summed E-state index contributed by atoms with van der Waals surface area (Å²) in [5.41, 5.74) is 11.6. The van der Waals surface area contributed by atoms with Crippen LogP contribution in [0.25, 0.3) is 0 Å². The number of primary amides is 1. The molecule has 0 aliphatic heterocycles. The molecule has 1 unspecified atom stereocenters. The Kier molecular flexibility index (Phi) is 5.75. The van der Waals surface area contributed by atoms with Gasteiger partial charge in [-0.05, 0) is 30.0 Å².